The van der Waals surface area contributed by atoms with Gasteiger partial charge in [-0.15, -0.1) is 0 Å². The number of rotatable bonds is 2. The lowest BCUT2D eigenvalue weighted by atomic mass is 9.89. The second-order valence-electron chi connectivity index (χ2n) is 4.52. The lowest BCUT2D eigenvalue weighted by molar-refractivity contribution is 0.0897. The summed E-state index contributed by atoms with van der Waals surface area (Å²) in [7, 11) is 0. The quantitative estimate of drug-likeness (QED) is 0.795. The van der Waals surface area contributed by atoms with Crippen molar-refractivity contribution in [2.24, 2.45) is 5.92 Å². The maximum absolute atomic E-state index is 11.9. The Bertz CT molecular complexity index is 338. The zero-order valence-electron chi connectivity index (χ0n) is 9.69. The highest BCUT2D eigenvalue weighted by Gasteiger charge is 2.28. The van der Waals surface area contributed by atoms with E-state index in [1.54, 1.807) is 6.07 Å². The average molecular weight is 222 g/mol. The second-order valence-corrected chi connectivity index (χ2v) is 4.52. The third kappa shape index (κ3) is 2.27. The van der Waals surface area contributed by atoms with E-state index in [-0.39, 0.29) is 11.9 Å². The molecule has 2 N–H and O–H groups in total. The number of amides is 1. The number of carbonyl (C=O) groups excluding carboxylic acids is 1. The number of furan rings is 1. The summed E-state index contributed by atoms with van der Waals surface area (Å²) in [4.78, 5) is 11.9. The van der Waals surface area contributed by atoms with Crippen LogP contribution in [0.4, 0.5) is 0 Å². The Morgan fingerprint density at radius 3 is 3.00 bits per heavy atom. The summed E-state index contributed by atoms with van der Waals surface area (Å²) in [5.74, 6) is 0.452. The van der Waals surface area contributed by atoms with Crippen LogP contribution in [0.5, 0.6) is 0 Å². The van der Waals surface area contributed by atoms with E-state index in [1.165, 1.54) is 12.5 Å². The molecule has 0 spiro atoms. The third-order valence-corrected chi connectivity index (χ3v) is 3.30. The van der Waals surface area contributed by atoms with Crippen molar-refractivity contribution >= 4 is 5.91 Å². The van der Waals surface area contributed by atoms with Gasteiger partial charge in [-0.2, -0.15) is 0 Å². The van der Waals surface area contributed by atoms with Crippen molar-refractivity contribution in [2.45, 2.75) is 32.4 Å². The van der Waals surface area contributed by atoms with Gasteiger partial charge in [0, 0.05) is 12.1 Å². The predicted molar refractivity (Wildman–Crippen MR) is 61.2 cm³/mol. The Morgan fingerprint density at radius 1 is 1.56 bits per heavy atom. The van der Waals surface area contributed by atoms with Crippen LogP contribution in [0.1, 0.15) is 30.6 Å². The van der Waals surface area contributed by atoms with Crippen LogP contribution in [0.25, 0.3) is 0 Å². The first-order valence-corrected chi connectivity index (χ1v) is 5.75. The van der Waals surface area contributed by atoms with Crippen LogP contribution in [-0.2, 0) is 0 Å². The van der Waals surface area contributed by atoms with Crippen molar-refractivity contribution < 1.29 is 9.21 Å². The van der Waals surface area contributed by atoms with E-state index in [4.69, 9.17) is 4.42 Å². The van der Waals surface area contributed by atoms with E-state index in [1.807, 2.05) is 0 Å². The van der Waals surface area contributed by atoms with Gasteiger partial charge in [-0.1, -0.05) is 6.92 Å². The number of piperidine rings is 1. The van der Waals surface area contributed by atoms with Crippen LogP contribution in [0.15, 0.2) is 23.0 Å². The molecule has 1 fully saturated rings. The Balaban J connectivity index is 2.00. The van der Waals surface area contributed by atoms with Gasteiger partial charge < -0.3 is 15.1 Å². The molecule has 1 aromatic heterocycles. The van der Waals surface area contributed by atoms with Crippen molar-refractivity contribution in [1.29, 1.82) is 0 Å². The Morgan fingerprint density at radius 2 is 2.38 bits per heavy atom. The van der Waals surface area contributed by atoms with Crippen LogP contribution in [0.3, 0.4) is 0 Å². The fraction of sp³-hybridized carbons (Fsp3) is 0.583. The maximum Gasteiger partial charge on any atom is 0.254 e. The molecule has 3 unspecified atom stereocenters. The monoisotopic (exact) mass is 222 g/mol. The van der Waals surface area contributed by atoms with E-state index in [9.17, 15) is 4.79 Å². The molecule has 1 saturated heterocycles. The predicted octanol–water partition coefficient (Wildman–Crippen LogP) is 1.40. The van der Waals surface area contributed by atoms with Gasteiger partial charge in [0.1, 0.15) is 6.26 Å². The van der Waals surface area contributed by atoms with Crippen LogP contribution < -0.4 is 10.6 Å². The minimum Gasteiger partial charge on any atom is -0.472 e. The molecule has 0 saturated carbocycles. The summed E-state index contributed by atoms with van der Waals surface area (Å²) in [6, 6.07) is 2.19. The second kappa shape index (κ2) is 4.70. The maximum atomic E-state index is 11.9. The van der Waals surface area contributed by atoms with E-state index in [2.05, 4.69) is 24.5 Å². The van der Waals surface area contributed by atoms with Gasteiger partial charge in [0.2, 0.25) is 0 Å². The molecule has 1 amide bonds. The molecular formula is C12H18N2O2. The largest absolute Gasteiger partial charge is 0.472 e. The SMILES string of the molecule is CC1CCNC(C)C1NC(=O)c1ccoc1. The first-order chi connectivity index (χ1) is 7.68. The molecule has 0 aromatic carbocycles. The standard InChI is InChI=1S/C12H18N2O2/c1-8-3-5-13-9(2)11(8)14-12(15)10-4-6-16-7-10/h4,6-9,11,13H,3,5H2,1-2H3,(H,14,15). The molecule has 3 atom stereocenters. The van der Waals surface area contributed by atoms with Gasteiger partial charge in [-0.25, -0.2) is 0 Å². The normalized spacial score (nSPS) is 30.0. The summed E-state index contributed by atoms with van der Waals surface area (Å²) in [6.07, 6.45) is 4.09. The fourth-order valence-electron chi connectivity index (χ4n) is 2.23. The average Bonchev–Trinajstić information content (AvgIpc) is 2.76. The van der Waals surface area contributed by atoms with Gasteiger partial charge in [0.05, 0.1) is 11.8 Å². The first-order valence-electron chi connectivity index (χ1n) is 5.75. The van der Waals surface area contributed by atoms with Gasteiger partial charge in [-0.3, -0.25) is 4.79 Å². The molecule has 1 aliphatic rings. The molecule has 0 bridgehead atoms. The smallest absolute Gasteiger partial charge is 0.254 e. The molecule has 0 radical (unpaired) electrons. The zero-order chi connectivity index (χ0) is 11.5. The van der Waals surface area contributed by atoms with Crippen molar-refractivity contribution in [3.8, 4) is 0 Å². The van der Waals surface area contributed by atoms with Crippen molar-refractivity contribution in [1.82, 2.24) is 10.6 Å². The molecule has 1 aromatic rings. The van der Waals surface area contributed by atoms with Crippen molar-refractivity contribution in [3.63, 3.8) is 0 Å². The topological polar surface area (TPSA) is 54.3 Å². The fourth-order valence-corrected chi connectivity index (χ4v) is 2.23. The Labute approximate surface area is 95.4 Å². The summed E-state index contributed by atoms with van der Waals surface area (Å²) in [6.45, 7) is 5.31. The molecule has 2 heterocycles. The Kier molecular flexibility index (Phi) is 3.29. The summed E-state index contributed by atoms with van der Waals surface area (Å²) < 4.78 is 4.90. The van der Waals surface area contributed by atoms with Crippen molar-refractivity contribution in [3.05, 3.63) is 24.2 Å². The number of carbonyl (C=O) groups is 1. The molecule has 1 aliphatic heterocycles. The van der Waals surface area contributed by atoms with E-state index in [0.717, 1.165) is 13.0 Å². The summed E-state index contributed by atoms with van der Waals surface area (Å²) >= 11 is 0. The highest BCUT2D eigenvalue weighted by Crippen LogP contribution is 2.16. The number of nitrogens with one attached hydrogen (secondary N) is 2. The highest BCUT2D eigenvalue weighted by molar-refractivity contribution is 5.94. The number of hydrogen-bond donors (Lipinski definition) is 2. The van der Waals surface area contributed by atoms with Gasteiger partial charge in [0.25, 0.3) is 5.91 Å². The van der Waals surface area contributed by atoms with Gasteiger partial charge in [-0.05, 0) is 31.9 Å². The molecule has 4 nitrogen and oxygen atoms in total. The molecule has 4 heteroatoms. The molecule has 0 aliphatic carbocycles. The van der Waals surface area contributed by atoms with E-state index in [0.29, 0.717) is 17.5 Å². The molecule has 2 rings (SSSR count). The van der Waals surface area contributed by atoms with Gasteiger partial charge >= 0.3 is 0 Å². The molecular weight excluding hydrogens is 204 g/mol. The lowest BCUT2D eigenvalue weighted by Gasteiger charge is -2.35. The molecule has 88 valence electrons. The van der Waals surface area contributed by atoms with Crippen molar-refractivity contribution in [2.75, 3.05) is 6.54 Å². The summed E-state index contributed by atoms with van der Waals surface area (Å²) in [5.41, 5.74) is 0.588. The first kappa shape index (κ1) is 11.2. The lowest BCUT2D eigenvalue weighted by Crippen LogP contribution is -2.55. The minimum atomic E-state index is -0.0545. The van der Waals surface area contributed by atoms with E-state index >= 15 is 0 Å². The summed E-state index contributed by atoms with van der Waals surface area (Å²) in [5, 5.41) is 6.43. The van der Waals surface area contributed by atoms with Crippen LogP contribution in [0, 0.1) is 5.92 Å². The van der Waals surface area contributed by atoms with Crippen LogP contribution in [-0.4, -0.2) is 24.5 Å². The number of hydrogen-bond acceptors (Lipinski definition) is 3. The third-order valence-electron chi connectivity index (χ3n) is 3.30. The minimum absolute atomic E-state index is 0.0545. The van der Waals surface area contributed by atoms with Crippen LogP contribution in [0.2, 0.25) is 0 Å². The van der Waals surface area contributed by atoms with Crippen LogP contribution >= 0.6 is 0 Å². The van der Waals surface area contributed by atoms with E-state index < -0.39 is 0 Å². The Hall–Kier alpha value is -1.29. The van der Waals surface area contributed by atoms with Gasteiger partial charge in [0.15, 0.2) is 0 Å². The highest BCUT2D eigenvalue weighted by atomic mass is 16.3. The zero-order valence-corrected chi connectivity index (χ0v) is 9.69. The molecule has 16 heavy (non-hydrogen) atoms.